The second-order valence-electron chi connectivity index (χ2n) is 8.54. The van der Waals surface area contributed by atoms with Gasteiger partial charge < -0.3 is 9.80 Å². The number of halogens is 1. The first-order valence-corrected chi connectivity index (χ1v) is 12.8. The molecule has 1 saturated heterocycles. The number of hydrogen-bond donors (Lipinski definition) is 0. The van der Waals surface area contributed by atoms with Gasteiger partial charge in [0.2, 0.25) is 5.91 Å². The zero-order valence-corrected chi connectivity index (χ0v) is 19.7. The van der Waals surface area contributed by atoms with E-state index in [1.54, 1.807) is 29.2 Å². The minimum atomic E-state index is -3.84. The predicted molar refractivity (Wildman–Crippen MR) is 125 cm³/mol. The zero-order chi connectivity index (χ0) is 22.9. The number of benzene rings is 2. The van der Waals surface area contributed by atoms with Gasteiger partial charge >= 0.3 is 0 Å². The monoisotopic (exact) mass is 474 g/mol. The summed E-state index contributed by atoms with van der Waals surface area (Å²) in [7, 11) is -3.84. The van der Waals surface area contributed by atoms with Crippen LogP contribution in [-0.4, -0.2) is 55.9 Å². The molecule has 1 saturated carbocycles. The number of piperazine rings is 1. The van der Waals surface area contributed by atoms with Gasteiger partial charge in [-0.3, -0.25) is 9.59 Å². The highest BCUT2D eigenvalue weighted by atomic mass is 35.5. The number of amides is 1. The van der Waals surface area contributed by atoms with Crippen molar-refractivity contribution in [2.75, 3.05) is 31.1 Å². The lowest BCUT2D eigenvalue weighted by Gasteiger charge is -2.40. The van der Waals surface area contributed by atoms with Gasteiger partial charge in [-0.1, -0.05) is 24.4 Å². The average molecular weight is 475 g/mol. The summed E-state index contributed by atoms with van der Waals surface area (Å²) in [5, 5.41) is 0.461. The fourth-order valence-electron chi connectivity index (χ4n) is 4.75. The Morgan fingerprint density at radius 2 is 1.44 bits per heavy atom. The summed E-state index contributed by atoms with van der Waals surface area (Å²) in [6.45, 7) is 3.69. The van der Waals surface area contributed by atoms with E-state index in [4.69, 9.17) is 11.6 Å². The Balaban J connectivity index is 1.51. The fourth-order valence-corrected chi connectivity index (χ4v) is 7.00. The summed E-state index contributed by atoms with van der Waals surface area (Å²) < 4.78 is 25.8. The molecule has 2 fully saturated rings. The van der Waals surface area contributed by atoms with E-state index in [1.165, 1.54) is 19.1 Å². The molecule has 0 unspecified atom stereocenters. The molecule has 0 radical (unpaired) electrons. The number of rotatable bonds is 5. The number of Topliss-reactive ketones (excluding diaryl/α,β-unsaturated/α-hetero) is 1. The second kappa shape index (κ2) is 8.87. The summed E-state index contributed by atoms with van der Waals surface area (Å²) in [4.78, 5) is 29.1. The van der Waals surface area contributed by atoms with Gasteiger partial charge in [0, 0.05) is 42.5 Å². The highest BCUT2D eigenvalue weighted by Crippen LogP contribution is 2.42. The van der Waals surface area contributed by atoms with Crippen LogP contribution < -0.4 is 4.90 Å². The minimum Gasteiger partial charge on any atom is -0.368 e. The molecule has 0 N–H and O–H groups in total. The van der Waals surface area contributed by atoms with Crippen LogP contribution in [0, 0.1) is 0 Å². The normalized spacial score (nSPS) is 18.6. The highest BCUT2D eigenvalue weighted by Gasteiger charge is 2.54. The van der Waals surface area contributed by atoms with Crippen molar-refractivity contribution in [3.8, 4) is 0 Å². The molecule has 0 bridgehead atoms. The summed E-state index contributed by atoms with van der Waals surface area (Å²) in [5.74, 6) is -0.257. The maximum absolute atomic E-state index is 13.6. The molecule has 0 spiro atoms. The van der Waals surface area contributed by atoms with Crippen molar-refractivity contribution in [1.82, 2.24) is 4.90 Å². The van der Waals surface area contributed by atoms with Gasteiger partial charge in [0.1, 0.15) is 0 Å². The predicted octanol–water partition coefficient (Wildman–Crippen LogP) is 3.98. The van der Waals surface area contributed by atoms with E-state index in [-0.39, 0.29) is 16.6 Å². The maximum Gasteiger partial charge on any atom is 0.244 e. The van der Waals surface area contributed by atoms with Crippen molar-refractivity contribution < 1.29 is 18.0 Å². The number of anilines is 1. The van der Waals surface area contributed by atoms with Gasteiger partial charge in [0.25, 0.3) is 0 Å². The Morgan fingerprint density at radius 3 is 1.97 bits per heavy atom. The number of sulfone groups is 1. The molecule has 1 amide bonds. The third kappa shape index (κ3) is 4.04. The molecule has 170 valence electrons. The highest BCUT2D eigenvalue weighted by molar-refractivity contribution is 7.93. The Bertz CT molecular complexity index is 1100. The third-order valence-corrected chi connectivity index (χ3v) is 9.40. The summed E-state index contributed by atoms with van der Waals surface area (Å²) in [5.41, 5.74) is 1.66. The SMILES string of the molecule is CC(=O)c1ccc(N2CCN(C(=O)C3(S(=O)(=O)c4ccc(Cl)cc4)CCCC3)CC2)cc1. The smallest absolute Gasteiger partial charge is 0.244 e. The summed E-state index contributed by atoms with van der Waals surface area (Å²) in [6.07, 6.45) is 2.15. The Kier molecular flexibility index (Phi) is 6.32. The van der Waals surface area contributed by atoms with E-state index in [1.807, 2.05) is 12.1 Å². The van der Waals surface area contributed by atoms with Crippen molar-refractivity contribution in [3.05, 3.63) is 59.1 Å². The largest absolute Gasteiger partial charge is 0.368 e. The molecule has 1 heterocycles. The second-order valence-corrected chi connectivity index (χ2v) is 11.2. The van der Waals surface area contributed by atoms with Crippen LogP contribution in [0.25, 0.3) is 0 Å². The van der Waals surface area contributed by atoms with Gasteiger partial charge in [0.15, 0.2) is 20.4 Å². The van der Waals surface area contributed by atoms with E-state index in [2.05, 4.69) is 4.90 Å². The van der Waals surface area contributed by atoms with Crippen LogP contribution in [0.15, 0.2) is 53.4 Å². The van der Waals surface area contributed by atoms with Crippen LogP contribution >= 0.6 is 11.6 Å². The topological polar surface area (TPSA) is 74.8 Å². The first-order valence-electron chi connectivity index (χ1n) is 10.9. The van der Waals surface area contributed by atoms with Crippen LogP contribution in [-0.2, 0) is 14.6 Å². The lowest BCUT2D eigenvalue weighted by molar-refractivity contribution is -0.134. The molecule has 8 heteroatoms. The Labute approximate surface area is 194 Å². The molecule has 2 aromatic rings. The molecule has 1 aliphatic heterocycles. The Hall–Kier alpha value is -2.38. The molecule has 1 aliphatic carbocycles. The lowest BCUT2D eigenvalue weighted by atomic mass is 10.0. The van der Waals surface area contributed by atoms with Crippen LogP contribution in [0.1, 0.15) is 43.0 Å². The fraction of sp³-hybridized carbons (Fsp3) is 0.417. The van der Waals surface area contributed by atoms with E-state index >= 15 is 0 Å². The van der Waals surface area contributed by atoms with Gasteiger partial charge in [-0.2, -0.15) is 0 Å². The number of nitrogens with zero attached hydrogens (tertiary/aromatic N) is 2. The lowest BCUT2D eigenvalue weighted by Crippen LogP contribution is -2.57. The summed E-state index contributed by atoms with van der Waals surface area (Å²) >= 11 is 5.94. The minimum absolute atomic E-state index is 0.0238. The average Bonchev–Trinajstić information content (AvgIpc) is 3.31. The van der Waals surface area contributed by atoms with Crippen molar-refractivity contribution in [1.29, 1.82) is 0 Å². The van der Waals surface area contributed by atoms with Crippen LogP contribution in [0.5, 0.6) is 0 Å². The van der Waals surface area contributed by atoms with E-state index in [0.717, 1.165) is 18.5 Å². The van der Waals surface area contributed by atoms with Gasteiger partial charge in [-0.25, -0.2) is 8.42 Å². The standard InChI is InChI=1S/C24H27ClN2O4S/c1-18(28)19-4-8-21(9-5-19)26-14-16-27(17-15-26)23(29)24(12-2-3-13-24)32(30,31)22-10-6-20(25)7-11-22/h4-11H,2-3,12-17H2,1H3. The van der Waals surface area contributed by atoms with E-state index in [9.17, 15) is 18.0 Å². The van der Waals surface area contributed by atoms with Crippen molar-refractivity contribution in [2.45, 2.75) is 42.2 Å². The van der Waals surface area contributed by atoms with E-state index < -0.39 is 14.6 Å². The molecule has 6 nitrogen and oxygen atoms in total. The number of hydrogen-bond acceptors (Lipinski definition) is 5. The molecule has 0 atom stereocenters. The molecular weight excluding hydrogens is 448 g/mol. The van der Waals surface area contributed by atoms with Crippen molar-refractivity contribution >= 4 is 38.8 Å². The zero-order valence-electron chi connectivity index (χ0n) is 18.1. The van der Waals surface area contributed by atoms with Crippen molar-refractivity contribution in [2.24, 2.45) is 0 Å². The Morgan fingerprint density at radius 1 is 0.875 bits per heavy atom. The molecule has 32 heavy (non-hydrogen) atoms. The number of ketones is 1. The van der Waals surface area contributed by atoms with Crippen LogP contribution in [0.2, 0.25) is 5.02 Å². The van der Waals surface area contributed by atoms with Gasteiger partial charge in [-0.15, -0.1) is 0 Å². The molecular formula is C24H27ClN2O4S. The number of carbonyl (C=O) groups is 2. The quantitative estimate of drug-likeness (QED) is 0.613. The first-order chi connectivity index (χ1) is 15.2. The van der Waals surface area contributed by atoms with E-state index in [0.29, 0.717) is 49.6 Å². The molecule has 2 aliphatic rings. The maximum atomic E-state index is 13.6. The molecule has 4 rings (SSSR count). The molecule has 0 aromatic heterocycles. The van der Waals surface area contributed by atoms with Gasteiger partial charge in [0.05, 0.1) is 4.90 Å². The van der Waals surface area contributed by atoms with Gasteiger partial charge in [-0.05, 0) is 68.3 Å². The third-order valence-electron chi connectivity index (χ3n) is 6.65. The van der Waals surface area contributed by atoms with Crippen LogP contribution in [0.3, 0.4) is 0 Å². The molecule has 2 aromatic carbocycles. The first kappa shape index (κ1) is 22.8. The number of carbonyl (C=O) groups excluding carboxylic acids is 2. The summed E-state index contributed by atoms with van der Waals surface area (Å²) in [6, 6.07) is 13.5. The van der Waals surface area contributed by atoms with Crippen LogP contribution in [0.4, 0.5) is 5.69 Å². The van der Waals surface area contributed by atoms with Crippen molar-refractivity contribution in [3.63, 3.8) is 0 Å².